The molecule has 4 nitrogen and oxygen atoms in total. The number of anilines is 1. The lowest BCUT2D eigenvalue weighted by Crippen LogP contribution is -2.37. The molecule has 1 aromatic carbocycles. The molecule has 0 radical (unpaired) electrons. The number of nitrogens with one attached hydrogen (secondary N) is 1. The molecule has 0 spiro atoms. The van der Waals surface area contributed by atoms with Crippen molar-refractivity contribution in [2.24, 2.45) is 0 Å². The molecular weight excluding hydrogens is 264 g/mol. The molecule has 0 aliphatic carbocycles. The number of rotatable bonds is 3. The van der Waals surface area contributed by atoms with E-state index in [1.165, 1.54) is 5.56 Å². The van der Waals surface area contributed by atoms with Gasteiger partial charge >= 0.3 is 0 Å². The van der Waals surface area contributed by atoms with E-state index < -0.39 is 0 Å². The Hall–Kier alpha value is -1.39. The molecular formula is C17H26N2O2. The van der Waals surface area contributed by atoms with Crippen LogP contribution in [0.4, 0.5) is 5.69 Å². The molecule has 1 aliphatic heterocycles. The van der Waals surface area contributed by atoms with E-state index in [0.29, 0.717) is 6.04 Å². The first-order valence-electron chi connectivity index (χ1n) is 7.63. The van der Waals surface area contributed by atoms with Crippen molar-refractivity contribution in [3.63, 3.8) is 0 Å². The van der Waals surface area contributed by atoms with E-state index in [2.05, 4.69) is 11.4 Å². The summed E-state index contributed by atoms with van der Waals surface area (Å²) in [6, 6.07) is 8.46. The fourth-order valence-corrected chi connectivity index (χ4v) is 2.67. The van der Waals surface area contributed by atoms with E-state index >= 15 is 0 Å². The number of fused-ring (bicyclic) bond motifs is 1. The van der Waals surface area contributed by atoms with Crippen LogP contribution in [0, 0.1) is 0 Å². The number of para-hydroxylation sites is 1. The fourth-order valence-electron chi connectivity index (χ4n) is 2.67. The third-order valence-electron chi connectivity index (χ3n) is 3.76. The van der Waals surface area contributed by atoms with Crippen molar-refractivity contribution in [2.75, 3.05) is 25.1 Å². The fraction of sp³-hybridized carbons (Fsp3) is 0.588. The number of benzene rings is 1. The minimum atomic E-state index is -0.297. The SMILES string of the molecule is CNC1CCCN(C(=O)COC(C)(C)C)c2ccccc21. The second-order valence-corrected chi connectivity index (χ2v) is 6.49. The average Bonchev–Trinajstić information content (AvgIpc) is 2.63. The van der Waals surface area contributed by atoms with Crippen LogP contribution in [0.1, 0.15) is 45.2 Å². The molecule has 21 heavy (non-hydrogen) atoms. The topological polar surface area (TPSA) is 41.6 Å². The monoisotopic (exact) mass is 290 g/mol. The highest BCUT2D eigenvalue weighted by molar-refractivity contribution is 5.95. The van der Waals surface area contributed by atoms with Gasteiger partial charge in [0.05, 0.1) is 5.60 Å². The van der Waals surface area contributed by atoms with Crippen LogP contribution in [0.3, 0.4) is 0 Å². The summed E-state index contributed by atoms with van der Waals surface area (Å²) >= 11 is 0. The summed E-state index contributed by atoms with van der Waals surface area (Å²) in [5.41, 5.74) is 1.91. The molecule has 0 saturated carbocycles. The van der Waals surface area contributed by atoms with Gasteiger partial charge in [0.1, 0.15) is 6.61 Å². The van der Waals surface area contributed by atoms with Crippen LogP contribution < -0.4 is 10.2 Å². The summed E-state index contributed by atoms with van der Waals surface area (Å²) in [7, 11) is 1.97. The van der Waals surface area contributed by atoms with Crippen LogP contribution in [-0.4, -0.2) is 31.7 Å². The van der Waals surface area contributed by atoms with Crippen molar-refractivity contribution in [3.8, 4) is 0 Å². The summed E-state index contributed by atoms with van der Waals surface area (Å²) in [5, 5.41) is 3.35. The maximum Gasteiger partial charge on any atom is 0.253 e. The molecule has 1 aliphatic rings. The molecule has 1 N–H and O–H groups in total. The third kappa shape index (κ3) is 4.05. The summed E-state index contributed by atoms with van der Waals surface area (Å²) in [4.78, 5) is 14.4. The highest BCUT2D eigenvalue weighted by Crippen LogP contribution is 2.32. The summed E-state index contributed by atoms with van der Waals surface area (Å²) in [6.07, 6.45) is 2.03. The van der Waals surface area contributed by atoms with Crippen molar-refractivity contribution in [2.45, 2.75) is 45.3 Å². The molecule has 1 aromatic rings. The summed E-state index contributed by atoms with van der Waals surface area (Å²) < 4.78 is 5.65. The van der Waals surface area contributed by atoms with E-state index in [1.807, 2.05) is 50.9 Å². The van der Waals surface area contributed by atoms with Crippen molar-refractivity contribution in [3.05, 3.63) is 29.8 Å². The zero-order chi connectivity index (χ0) is 15.5. The summed E-state index contributed by atoms with van der Waals surface area (Å²) in [6.45, 7) is 6.78. The molecule has 0 fully saturated rings. The van der Waals surface area contributed by atoms with E-state index in [-0.39, 0.29) is 18.1 Å². The molecule has 1 atom stereocenters. The van der Waals surface area contributed by atoms with Crippen LogP contribution in [0.15, 0.2) is 24.3 Å². The first-order chi connectivity index (χ1) is 9.92. The number of carbonyl (C=O) groups excluding carboxylic acids is 1. The van der Waals surface area contributed by atoms with E-state index in [1.54, 1.807) is 0 Å². The van der Waals surface area contributed by atoms with Gasteiger partial charge in [0.25, 0.3) is 5.91 Å². The number of carbonyl (C=O) groups is 1. The zero-order valence-electron chi connectivity index (χ0n) is 13.5. The van der Waals surface area contributed by atoms with Gasteiger partial charge in [-0.3, -0.25) is 4.79 Å². The standard InChI is InChI=1S/C17H26N2O2/c1-17(2,3)21-12-16(20)19-11-7-9-14(18-4)13-8-5-6-10-15(13)19/h5-6,8,10,14,18H,7,9,11-12H2,1-4H3. The number of hydrogen-bond donors (Lipinski definition) is 1. The number of amides is 1. The van der Waals surface area contributed by atoms with Gasteiger partial charge in [0.15, 0.2) is 0 Å². The lowest BCUT2D eigenvalue weighted by molar-refractivity contribution is -0.127. The van der Waals surface area contributed by atoms with Crippen molar-refractivity contribution >= 4 is 11.6 Å². The van der Waals surface area contributed by atoms with Gasteiger partial charge in [-0.1, -0.05) is 18.2 Å². The molecule has 116 valence electrons. The van der Waals surface area contributed by atoms with Crippen LogP contribution in [-0.2, 0) is 9.53 Å². The van der Waals surface area contributed by atoms with Gasteiger partial charge in [0.2, 0.25) is 0 Å². The first kappa shape index (κ1) is 16.0. The van der Waals surface area contributed by atoms with Crippen molar-refractivity contribution < 1.29 is 9.53 Å². The lowest BCUT2D eigenvalue weighted by atomic mass is 10.0. The Morgan fingerprint density at radius 1 is 1.38 bits per heavy atom. The minimum absolute atomic E-state index is 0.0362. The van der Waals surface area contributed by atoms with Gasteiger partial charge in [-0.25, -0.2) is 0 Å². The quantitative estimate of drug-likeness (QED) is 0.930. The Labute approximate surface area is 127 Å². The highest BCUT2D eigenvalue weighted by atomic mass is 16.5. The van der Waals surface area contributed by atoms with E-state index in [4.69, 9.17) is 4.74 Å². The number of ether oxygens (including phenoxy) is 1. The number of nitrogens with zero attached hydrogens (tertiary/aromatic N) is 1. The predicted octanol–water partition coefficient (Wildman–Crippen LogP) is 2.89. The minimum Gasteiger partial charge on any atom is -0.366 e. The zero-order valence-corrected chi connectivity index (χ0v) is 13.5. The van der Waals surface area contributed by atoms with Crippen molar-refractivity contribution in [1.29, 1.82) is 0 Å². The van der Waals surface area contributed by atoms with Gasteiger partial charge in [-0.2, -0.15) is 0 Å². The Morgan fingerprint density at radius 3 is 2.76 bits per heavy atom. The second kappa shape index (κ2) is 6.58. The smallest absolute Gasteiger partial charge is 0.253 e. The Balaban J connectivity index is 2.21. The molecule has 0 saturated heterocycles. The van der Waals surface area contributed by atoms with E-state index in [0.717, 1.165) is 25.1 Å². The Morgan fingerprint density at radius 2 is 2.10 bits per heavy atom. The van der Waals surface area contributed by atoms with Crippen LogP contribution in [0.25, 0.3) is 0 Å². The summed E-state index contributed by atoms with van der Waals surface area (Å²) in [5.74, 6) is 0.0362. The number of hydrogen-bond acceptors (Lipinski definition) is 3. The average molecular weight is 290 g/mol. The van der Waals surface area contributed by atoms with Gasteiger partial charge in [-0.05, 0) is 52.3 Å². The maximum absolute atomic E-state index is 12.5. The maximum atomic E-state index is 12.5. The van der Waals surface area contributed by atoms with Crippen LogP contribution >= 0.6 is 0 Å². The molecule has 1 unspecified atom stereocenters. The second-order valence-electron chi connectivity index (χ2n) is 6.49. The molecule has 1 amide bonds. The van der Waals surface area contributed by atoms with Crippen LogP contribution in [0.5, 0.6) is 0 Å². The first-order valence-corrected chi connectivity index (χ1v) is 7.63. The lowest BCUT2D eigenvalue weighted by Gasteiger charge is -2.26. The van der Waals surface area contributed by atoms with Gasteiger partial charge in [0, 0.05) is 18.3 Å². The Kier molecular flexibility index (Phi) is 5.01. The molecule has 4 heteroatoms. The largest absolute Gasteiger partial charge is 0.366 e. The van der Waals surface area contributed by atoms with Crippen LogP contribution in [0.2, 0.25) is 0 Å². The van der Waals surface area contributed by atoms with Gasteiger partial charge < -0.3 is 15.0 Å². The van der Waals surface area contributed by atoms with Gasteiger partial charge in [-0.15, -0.1) is 0 Å². The molecule has 1 heterocycles. The highest BCUT2D eigenvalue weighted by Gasteiger charge is 2.26. The van der Waals surface area contributed by atoms with Crippen molar-refractivity contribution in [1.82, 2.24) is 5.32 Å². The predicted molar refractivity (Wildman–Crippen MR) is 85.5 cm³/mol. The Bertz CT molecular complexity index is 494. The molecule has 0 bridgehead atoms. The van der Waals surface area contributed by atoms with E-state index in [9.17, 15) is 4.79 Å². The third-order valence-corrected chi connectivity index (χ3v) is 3.76. The molecule has 2 rings (SSSR count). The molecule has 0 aromatic heterocycles. The normalized spacial score (nSPS) is 19.0.